The SMILES string of the molecule is CC(C)(C)OC1CC(OC2CCN(C(=O)CCN3CC(C(C)(C)C)C3)CC2)C1. The molecule has 0 spiro atoms. The summed E-state index contributed by atoms with van der Waals surface area (Å²) in [5, 5.41) is 0. The van der Waals surface area contributed by atoms with Crippen LogP contribution in [0, 0.1) is 11.3 Å². The van der Waals surface area contributed by atoms with Gasteiger partial charge in [-0.3, -0.25) is 4.79 Å². The van der Waals surface area contributed by atoms with E-state index in [1.807, 2.05) is 4.90 Å². The lowest BCUT2D eigenvalue weighted by molar-refractivity contribution is -0.168. The highest BCUT2D eigenvalue weighted by atomic mass is 16.5. The van der Waals surface area contributed by atoms with Crippen molar-refractivity contribution < 1.29 is 14.3 Å². The minimum Gasteiger partial charge on any atom is -0.375 e. The van der Waals surface area contributed by atoms with E-state index in [-0.39, 0.29) is 5.60 Å². The molecule has 0 radical (unpaired) electrons. The van der Waals surface area contributed by atoms with Crippen molar-refractivity contribution in [3.8, 4) is 0 Å². The van der Waals surface area contributed by atoms with Crippen LogP contribution in [-0.2, 0) is 14.3 Å². The second-order valence-corrected chi connectivity index (χ2v) is 11.2. The number of carbonyl (C=O) groups is 1. The van der Waals surface area contributed by atoms with Gasteiger partial charge in [0.05, 0.1) is 23.9 Å². The molecule has 1 saturated carbocycles. The summed E-state index contributed by atoms with van der Waals surface area (Å²) in [7, 11) is 0. The zero-order valence-corrected chi connectivity index (χ0v) is 19.0. The molecule has 0 atom stereocenters. The monoisotopic (exact) mass is 394 g/mol. The summed E-state index contributed by atoms with van der Waals surface area (Å²) in [5.74, 6) is 1.09. The third kappa shape index (κ3) is 6.17. The fraction of sp³-hybridized carbons (Fsp3) is 0.957. The molecule has 2 aliphatic heterocycles. The quantitative estimate of drug-likeness (QED) is 0.689. The molecule has 5 nitrogen and oxygen atoms in total. The van der Waals surface area contributed by atoms with Crippen LogP contribution in [-0.4, -0.2) is 72.3 Å². The van der Waals surface area contributed by atoms with E-state index in [0.717, 1.165) is 64.3 Å². The van der Waals surface area contributed by atoms with Crippen molar-refractivity contribution in [1.29, 1.82) is 0 Å². The summed E-state index contributed by atoms with van der Waals surface area (Å²) in [4.78, 5) is 17.0. The number of carbonyl (C=O) groups excluding carboxylic acids is 1. The molecule has 162 valence electrons. The van der Waals surface area contributed by atoms with Crippen molar-refractivity contribution in [3.05, 3.63) is 0 Å². The third-order valence-corrected chi connectivity index (χ3v) is 6.58. The maximum Gasteiger partial charge on any atom is 0.223 e. The number of rotatable bonds is 6. The Morgan fingerprint density at radius 1 is 0.929 bits per heavy atom. The van der Waals surface area contributed by atoms with Crippen molar-refractivity contribution in [2.24, 2.45) is 11.3 Å². The number of nitrogens with zero attached hydrogens (tertiary/aromatic N) is 2. The van der Waals surface area contributed by atoms with Crippen molar-refractivity contribution in [1.82, 2.24) is 9.80 Å². The first kappa shape index (κ1) is 22.0. The number of amides is 1. The van der Waals surface area contributed by atoms with Gasteiger partial charge < -0.3 is 19.3 Å². The van der Waals surface area contributed by atoms with E-state index < -0.39 is 0 Å². The van der Waals surface area contributed by atoms with Crippen molar-refractivity contribution in [3.63, 3.8) is 0 Å². The molecule has 0 bridgehead atoms. The number of piperidine rings is 1. The highest BCUT2D eigenvalue weighted by Gasteiger charge is 2.37. The van der Waals surface area contributed by atoms with Crippen LogP contribution in [0.3, 0.4) is 0 Å². The highest BCUT2D eigenvalue weighted by Crippen LogP contribution is 2.34. The zero-order valence-electron chi connectivity index (χ0n) is 19.0. The lowest BCUT2D eigenvalue weighted by Crippen LogP contribution is -2.53. The summed E-state index contributed by atoms with van der Waals surface area (Å²) in [6.07, 6.45) is 5.66. The smallest absolute Gasteiger partial charge is 0.223 e. The molecule has 0 aromatic carbocycles. The fourth-order valence-corrected chi connectivity index (χ4v) is 4.45. The van der Waals surface area contributed by atoms with Gasteiger partial charge in [-0.25, -0.2) is 0 Å². The number of ether oxygens (including phenoxy) is 2. The van der Waals surface area contributed by atoms with E-state index in [1.165, 1.54) is 0 Å². The first-order valence-corrected chi connectivity index (χ1v) is 11.3. The zero-order chi connectivity index (χ0) is 20.5. The van der Waals surface area contributed by atoms with Crippen LogP contribution < -0.4 is 0 Å². The molecule has 0 aromatic heterocycles. The molecule has 3 fully saturated rings. The average Bonchev–Trinajstić information content (AvgIpc) is 2.49. The Morgan fingerprint density at radius 2 is 1.54 bits per heavy atom. The lowest BCUT2D eigenvalue weighted by atomic mass is 9.76. The highest BCUT2D eigenvalue weighted by molar-refractivity contribution is 5.76. The predicted molar refractivity (Wildman–Crippen MR) is 112 cm³/mol. The van der Waals surface area contributed by atoms with Gasteiger partial charge in [-0.2, -0.15) is 0 Å². The van der Waals surface area contributed by atoms with Gasteiger partial charge in [0.25, 0.3) is 0 Å². The first-order chi connectivity index (χ1) is 13.0. The normalized spacial score (nSPS) is 28.1. The van der Waals surface area contributed by atoms with E-state index in [0.29, 0.717) is 36.1 Å². The Bertz CT molecular complexity index is 517. The number of hydrogen-bond donors (Lipinski definition) is 0. The van der Waals surface area contributed by atoms with E-state index in [2.05, 4.69) is 46.4 Å². The standard InChI is InChI=1S/C23H42N2O3/c1-22(2,3)17-15-24(16-17)10-9-21(26)25-11-7-18(8-12-25)27-19-13-20(14-19)28-23(4,5)6/h17-20H,7-16H2,1-6H3. The summed E-state index contributed by atoms with van der Waals surface area (Å²) in [6.45, 7) is 18.2. The molecule has 2 saturated heterocycles. The van der Waals surface area contributed by atoms with Crippen LogP contribution >= 0.6 is 0 Å². The van der Waals surface area contributed by atoms with Crippen molar-refractivity contribution in [2.75, 3.05) is 32.7 Å². The molecule has 0 aromatic rings. The predicted octanol–water partition coefficient (Wildman–Crippen LogP) is 3.71. The van der Waals surface area contributed by atoms with Gasteiger partial charge in [0.15, 0.2) is 0 Å². The Labute approximate surface area is 172 Å². The van der Waals surface area contributed by atoms with E-state index in [9.17, 15) is 4.79 Å². The number of likely N-dealkylation sites (tertiary alicyclic amines) is 2. The molecule has 3 rings (SSSR count). The molecule has 0 N–H and O–H groups in total. The molecule has 1 amide bonds. The van der Waals surface area contributed by atoms with Gasteiger partial charge in [-0.1, -0.05) is 20.8 Å². The number of hydrogen-bond acceptors (Lipinski definition) is 4. The van der Waals surface area contributed by atoms with Crippen LogP contribution in [0.2, 0.25) is 0 Å². The van der Waals surface area contributed by atoms with E-state index in [1.54, 1.807) is 0 Å². The molecule has 28 heavy (non-hydrogen) atoms. The average molecular weight is 395 g/mol. The molecule has 1 aliphatic carbocycles. The Balaban J connectivity index is 1.26. The van der Waals surface area contributed by atoms with Gasteiger partial charge in [0, 0.05) is 39.1 Å². The summed E-state index contributed by atoms with van der Waals surface area (Å²) in [6, 6.07) is 0. The molecule has 2 heterocycles. The Hall–Kier alpha value is -0.650. The second kappa shape index (κ2) is 8.61. The van der Waals surface area contributed by atoms with Crippen LogP contribution in [0.4, 0.5) is 0 Å². The third-order valence-electron chi connectivity index (χ3n) is 6.58. The Morgan fingerprint density at radius 3 is 2.07 bits per heavy atom. The first-order valence-electron chi connectivity index (χ1n) is 11.3. The summed E-state index contributed by atoms with van der Waals surface area (Å²) >= 11 is 0. The van der Waals surface area contributed by atoms with Gasteiger partial charge in [-0.05, 0) is 57.8 Å². The largest absolute Gasteiger partial charge is 0.375 e. The Kier molecular flexibility index (Phi) is 6.78. The van der Waals surface area contributed by atoms with Gasteiger partial charge in [-0.15, -0.1) is 0 Å². The van der Waals surface area contributed by atoms with Crippen molar-refractivity contribution in [2.45, 2.75) is 97.6 Å². The molecule has 0 unspecified atom stereocenters. The maximum atomic E-state index is 12.5. The summed E-state index contributed by atoms with van der Waals surface area (Å²) in [5.41, 5.74) is 0.326. The second-order valence-electron chi connectivity index (χ2n) is 11.2. The van der Waals surface area contributed by atoms with Crippen LogP contribution in [0.15, 0.2) is 0 Å². The molecule has 3 aliphatic rings. The molecular weight excluding hydrogens is 352 g/mol. The van der Waals surface area contributed by atoms with E-state index in [4.69, 9.17) is 9.47 Å². The van der Waals surface area contributed by atoms with Gasteiger partial charge >= 0.3 is 0 Å². The summed E-state index contributed by atoms with van der Waals surface area (Å²) < 4.78 is 12.2. The van der Waals surface area contributed by atoms with Crippen LogP contribution in [0.5, 0.6) is 0 Å². The fourth-order valence-electron chi connectivity index (χ4n) is 4.45. The van der Waals surface area contributed by atoms with E-state index >= 15 is 0 Å². The topological polar surface area (TPSA) is 42.0 Å². The maximum absolute atomic E-state index is 12.5. The van der Waals surface area contributed by atoms with Crippen molar-refractivity contribution >= 4 is 5.91 Å². The van der Waals surface area contributed by atoms with Gasteiger partial charge in [0.2, 0.25) is 5.91 Å². The minimum absolute atomic E-state index is 0.0644. The van der Waals surface area contributed by atoms with Gasteiger partial charge in [0.1, 0.15) is 0 Å². The lowest BCUT2D eigenvalue weighted by Gasteiger charge is -2.46. The molecular formula is C23H42N2O3. The molecule has 5 heteroatoms. The van der Waals surface area contributed by atoms with Crippen LogP contribution in [0.25, 0.3) is 0 Å². The van der Waals surface area contributed by atoms with Crippen LogP contribution in [0.1, 0.15) is 73.6 Å². The minimum atomic E-state index is -0.0644.